The second kappa shape index (κ2) is 4.30. The van der Waals surface area contributed by atoms with Gasteiger partial charge in [0.05, 0.1) is 12.1 Å². The largest absolute Gasteiger partial charge is 0.353 e. The number of carbonyl (C=O) groups excluding carboxylic acids is 2. The summed E-state index contributed by atoms with van der Waals surface area (Å²) in [5.41, 5.74) is 1.26. The normalized spacial score (nSPS) is 15.8. The third-order valence-corrected chi connectivity index (χ3v) is 2.56. The van der Waals surface area contributed by atoms with E-state index in [1.165, 1.54) is 0 Å². The number of amides is 2. The highest BCUT2D eigenvalue weighted by molar-refractivity contribution is 5.97. The standard InChI is InChI=1S/C11H13N3O2/c1-8-9(3-2-4-12-8)11(16)14-6-5-13-10(15)7-14/h2-4H,5-7H2,1H3,(H,13,15). The third-order valence-electron chi connectivity index (χ3n) is 2.56. The second-order valence-corrected chi connectivity index (χ2v) is 3.71. The Labute approximate surface area is 93.5 Å². The first kappa shape index (κ1) is 10.6. The van der Waals surface area contributed by atoms with Gasteiger partial charge in [0.25, 0.3) is 5.91 Å². The Morgan fingerprint density at radius 1 is 1.56 bits per heavy atom. The van der Waals surface area contributed by atoms with Crippen molar-refractivity contribution in [3.05, 3.63) is 29.6 Å². The maximum absolute atomic E-state index is 12.1. The lowest BCUT2D eigenvalue weighted by Crippen LogP contribution is -2.50. The van der Waals surface area contributed by atoms with Crippen LogP contribution in [-0.2, 0) is 4.79 Å². The highest BCUT2D eigenvalue weighted by atomic mass is 16.2. The molecule has 1 aromatic rings. The zero-order chi connectivity index (χ0) is 11.5. The van der Waals surface area contributed by atoms with Gasteiger partial charge in [-0.2, -0.15) is 0 Å². The molecule has 16 heavy (non-hydrogen) atoms. The fourth-order valence-corrected chi connectivity index (χ4v) is 1.69. The summed E-state index contributed by atoms with van der Waals surface area (Å²) in [6.07, 6.45) is 1.65. The summed E-state index contributed by atoms with van der Waals surface area (Å²) in [5.74, 6) is -0.235. The van der Waals surface area contributed by atoms with Gasteiger partial charge in [-0.1, -0.05) is 0 Å². The van der Waals surface area contributed by atoms with Gasteiger partial charge in [-0.15, -0.1) is 0 Å². The van der Waals surface area contributed by atoms with Crippen molar-refractivity contribution in [3.63, 3.8) is 0 Å². The fourth-order valence-electron chi connectivity index (χ4n) is 1.69. The Balaban J connectivity index is 2.19. The highest BCUT2D eigenvalue weighted by Crippen LogP contribution is 2.08. The number of hydrogen-bond acceptors (Lipinski definition) is 3. The Morgan fingerprint density at radius 2 is 2.38 bits per heavy atom. The first-order valence-corrected chi connectivity index (χ1v) is 5.16. The predicted octanol–water partition coefficient (Wildman–Crippen LogP) is -0.0380. The number of rotatable bonds is 1. The average molecular weight is 219 g/mol. The van der Waals surface area contributed by atoms with Crippen molar-refractivity contribution in [2.75, 3.05) is 19.6 Å². The molecule has 0 saturated carbocycles. The van der Waals surface area contributed by atoms with Gasteiger partial charge in [-0.05, 0) is 19.1 Å². The Bertz CT molecular complexity index is 431. The van der Waals surface area contributed by atoms with E-state index in [-0.39, 0.29) is 18.4 Å². The molecule has 0 bridgehead atoms. The lowest BCUT2D eigenvalue weighted by atomic mass is 10.1. The minimum absolute atomic E-state index is 0.110. The van der Waals surface area contributed by atoms with E-state index in [9.17, 15) is 9.59 Å². The van der Waals surface area contributed by atoms with Gasteiger partial charge in [-0.3, -0.25) is 14.6 Å². The van der Waals surface area contributed by atoms with Gasteiger partial charge in [0.2, 0.25) is 5.91 Å². The van der Waals surface area contributed by atoms with E-state index in [0.29, 0.717) is 24.3 Å². The minimum Gasteiger partial charge on any atom is -0.353 e. The van der Waals surface area contributed by atoms with E-state index >= 15 is 0 Å². The van der Waals surface area contributed by atoms with Crippen LogP contribution in [0.1, 0.15) is 16.1 Å². The van der Waals surface area contributed by atoms with Crippen molar-refractivity contribution in [3.8, 4) is 0 Å². The van der Waals surface area contributed by atoms with E-state index in [1.54, 1.807) is 30.2 Å². The molecule has 1 aliphatic heterocycles. The fraction of sp³-hybridized carbons (Fsp3) is 0.364. The molecule has 1 N–H and O–H groups in total. The first-order chi connectivity index (χ1) is 7.68. The molecule has 0 spiro atoms. The van der Waals surface area contributed by atoms with Crippen LogP contribution in [0.2, 0.25) is 0 Å². The molecule has 2 rings (SSSR count). The summed E-state index contributed by atoms with van der Waals surface area (Å²) < 4.78 is 0. The molecule has 1 aromatic heterocycles. The summed E-state index contributed by atoms with van der Waals surface area (Å²) in [6.45, 7) is 2.99. The number of nitrogens with zero attached hydrogens (tertiary/aromatic N) is 2. The summed E-state index contributed by atoms with van der Waals surface area (Å²) in [4.78, 5) is 28.9. The van der Waals surface area contributed by atoms with Gasteiger partial charge in [0, 0.05) is 25.0 Å². The van der Waals surface area contributed by atoms with Crippen LogP contribution in [0, 0.1) is 6.92 Å². The Kier molecular flexibility index (Phi) is 2.85. The van der Waals surface area contributed by atoms with Crippen LogP contribution < -0.4 is 5.32 Å². The van der Waals surface area contributed by atoms with E-state index in [4.69, 9.17) is 0 Å². The third kappa shape index (κ3) is 2.03. The Hall–Kier alpha value is -1.91. The van der Waals surface area contributed by atoms with E-state index < -0.39 is 0 Å². The molecule has 0 aromatic carbocycles. The molecular weight excluding hydrogens is 206 g/mol. The monoisotopic (exact) mass is 219 g/mol. The number of piperazine rings is 1. The second-order valence-electron chi connectivity index (χ2n) is 3.71. The summed E-state index contributed by atoms with van der Waals surface area (Å²) >= 11 is 0. The lowest BCUT2D eigenvalue weighted by molar-refractivity contribution is -0.123. The maximum Gasteiger partial charge on any atom is 0.256 e. The van der Waals surface area contributed by atoms with Crippen LogP contribution >= 0.6 is 0 Å². The van der Waals surface area contributed by atoms with Crippen molar-refractivity contribution < 1.29 is 9.59 Å². The lowest BCUT2D eigenvalue weighted by Gasteiger charge is -2.26. The zero-order valence-corrected chi connectivity index (χ0v) is 9.06. The molecule has 1 fully saturated rings. The smallest absolute Gasteiger partial charge is 0.256 e. The average Bonchev–Trinajstić information content (AvgIpc) is 2.29. The molecule has 5 nitrogen and oxygen atoms in total. The molecule has 2 amide bonds. The number of carbonyl (C=O) groups is 2. The highest BCUT2D eigenvalue weighted by Gasteiger charge is 2.23. The van der Waals surface area contributed by atoms with Crippen LogP contribution in [0.4, 0.5) is 0 Å². The zero-order valence-electron chi connectivity index (χ0n) is 9.06. The SMILES string of the molecule is Cc1ncccc1C(=O)N1CCNC(=O)C1. The van der Waals surface area contributed by atoms with Crippen LogP contribution in [-0.4, -0.2) is 41.3 Å². The van der Waals surface area contributed by atoms with Gasteiger partial charge >= 0.3 is 0 Å². The molecule has 2 heterocycles. The van der Waals surface area contributed by atoms with Crippen LogP contribution in [0.5, 0.6) is 0 Å². The topological polar surface area (TPSA) is 62.3 Å². The number of aryl methyl sites for hydroxylation is 1. The summed E-state index contributed by atoms with van der Waals surface area (Å²) in [6, 6.07) is 3.46. The van der Waals surface area contributed by atoms with Gasteiger partial charge in [0.1, 0.15) is 0 Å². The number of pyridine rings is 1. The quantitative estimate of drug-likeness (QED) is 0.721. The number of nitrogens with one attached hydrogen (secondary N) is 1. The van der Waals surface area contributed by atoms with Gasteiger partial charge in [-0.25, -0.2) is 0 Å². The van der Waals surface area contributed by atoms with Crippen molar-refractivity contribution >= 4 is 11.8 Å². The molecular formula is C11H13N3O2. The van der Waals surface area contributed by atoms with Gasteiger partial charge < -0.3 is 10.2 Å². The van der Waals surface area contributed by atoms with Crippen LogP contribution in [0.15, 0.2) is 18.3 Å². The molecule has 84 valence electrons. The Morgan fingerprint density at radius 3 is 3.06 bits per heavy atom. The van der Waals surface area contributed by atoms with Crippen molar-refractivity contribution in [1.82, 2.24) is 15.2 Å². The van der Waals surface area contributed by atoms with Crippen molar-refractivity contribution in [2.45, 2.75) is 6.92 Å². The van der Waals surface area contributed by atoms with E-state index in [0.717, 1.165) is 0 Å². The molecule has 0 atom stereocenters. The maximum atomic E-state index is 12.1. The molecule has 5 heteroatoms. The van der Waals surface area contributed by atoms with Crippen LogP contribution in [0.3, 0.4) is 0 Å². The molecule has 1 aliphatic rings. The first-order valence-electron chi connectivity index (χ1n) is 5.16. The predicted molar refractivity (Wildman–Crippen MR) is 57.9 cm³/mol. The van der Waals surface area contributed by atoms with Gasteiger partial charge in [0.15, 0.2) is 0 Å². The summed E-state index contributed by atoms with van der Waals surface area (Å²) in [5, 5.41) is 2.68. The minimum atomic E-state index is -0.125. The van der Waals surface area contributed by atoms with E-state index in [1.807, 2.05) is 0 Å². The molecule has 0 unspecified atom stereocenters. The van der Waals surface area contributed by atoms with Crippen molar-refractivity contribution in [2.24, 2.45) is 0 Å². The van der Waals surface area contributed by atoms with Crippen molar-refractivity contribution in [1.29, 1.82) is 0 Å². The molecule has 1 saturated heterocycles. The summed E-state index contributed by atoms with van der Waals surface area (Å²) in [7, 11) is 0. The van der Waals surface area contributed by atoms with Crippen LogP contribution in [0.25, 0.3) is 0 Å². The molecule has 0 aliphatic carbocycles. The number of aromatic nitrogens is 1. The number of hydrogen-bond donors (Lipinski definition) is 1. The van der Waals surface area contributed by atoms with E-state index in [2.05, 4.69) is 10.3 Å². The molecule has 0 radical (unpaired) electrons.